The second-order valence-electron chi connectivity index (χ2n) is 23.5. The van der Waals surface area contributed by atoms with E-state index in [4.69, 9.17) is 46.4 Å². The van der Waals surface area contributed by atoms with Crippen LogP contribution < -0.4 is 36.1 Å². The summed E-state index contributed by atoms with van der Waals surface area (Å²) >= 11 is 29.3. The lowest BCUT2D eigenvalue weighted by molar-refractivity contribution is -0.286. The van der Waals surface area contributed by atoms with Crippen LogP contribution in [0.2, 0.25) is 20.6 Å². The van der Waals surface area contributed by atoms with Gasteiger partial charge in [-0.3, -0.25) is 29.0 Å². The summed E-state index contributed by atoms with van der Waals surface area (Å²) in [6, 6.07) is 32.1. The molecule has 0 amide bonds. The van der Waals surface area contributed by atoms with Gasteiger partial charge < -0.3 is 36.1 Å². The van der Waals surface area contributed by atoms with E-state index in [-0.39, 0.29) is 66.6 Å². The van der Waals surface area contributed by atoms with Crippen molar-refractivity contribution >= 4 is 163 Å². The number of ketones is 5. The number of fused-ring (bicyclic) bond motifs is 1. The van der Waals surface area contributed by atoms with Crippen LogP contribution in [0.3, 0.4) is 0 Å². The summed E-state index contributed by atoms with van der Waals surface area (Å²) in [6.07, 6.45) is 11.2. The molecule has 0 unspecified atom stereocenters. The average Bonchev–Trinajstić information content (AvgIpc) is 1.64. The van der Waals surface area contributed by atoms with E-state index < -0.39 is 64.5 Å². The van der Waals surface area contributed by atoms with Crippen molar-refractivity contribution in [3.05, 3.63) is 338 Å². The first-order valence-electron chi connectivity index (χ1n) is 33.2. The zero-order valence-corrected chi connectivity index (χ0v) is 69.3. The van der Waals surface area contributed by atoms with Gasteiger partial charge in [-0.1, -0.05) is 46.4 Å². The zero-order chi connectivity index (χ0) is 86.7. The highest BCUT2D eigenvalue weighted by Gasteiger charge is 2.43. The van der Waals surface area contributed by atoms with Crippen molar-refractivity contribution in [3.63, 3.8) is 0 Å². The highest BCUT2D eigenvalue weighted by Crippen LogP contribution is 2.43. The fourth-order valence-corrected chi connectivity index (χ4v) is 12.5. The van der Waals surface area contributed by atoms with Gasteiger partial charge in [-0.15, -0.1) is 67.6 Å². The van der Waals surface area contributed by atoms with Crippen molar-refractivity contribution in [3.8, 4) is 11.5 Å². The number of alkyl halides is 5. The molecule has 11 rings (SSSR count). The van der Waals surface area contributed by atoms with Gasteiger partial charge in [0.25, 0.3) is 0 Å². The Hall–Kier alpha value is -10.4. The maximum Gasteiger partial charge on any atom is 0.586 e. The molecule has 616 valence electrons. The maximum atomic E-state index is 13.4. The number of hydrogen-bond donors (Lipinski definition) is 5. The van der Waals surface area contributed by atoms with Crippen molar-refractivity contribution in [1.29, 1.82) is 0 Å². The normalized spacial score (nSPS) is 12.4. The van der Waals surface area contributed by atoms with E-state index in [2.05, 4.69) is 61.0 Å². The molecule has 1 aliphatic heterocycles. The average molecular weight is 1810 g/mol. The monoisotopic (exact) mass is 1800 g/mol. The molecule has 5 aromatic carbocycles. The first-order chi connectivity index (χ1) is 55.8. The molecule has 0 radical (unpaired) electrons. The predicted octanol–water partition coefficient (Wildman–Crippen LogP) is 23.8. The molecule has 5 N–H and O–H groups in total. The molecule has 0 atom stereocenters. The predicted molar refractivity (Wildman–Crippen MR) is 446 cm³/mol. The van der Waals surface area contributed by atoms with Gasteiger partial charge in [0.05, 0.1) is 30.7 Å². The molecular formula is C80H62Cl4F12N10O7S5. The van der Waals surface area contributed by atoms with Gasteiger partial charge in [0.2, 0.25) is 0 Å². The number of nitrogens with one attached hydrogen (secondary N) is 5. The SMILES string of the molecule is CS/C(=C/C(=O)c1cc(C)nc(C)c1)Nc1ccc(F)c(F)c1.CS/C(=C/C(=O)c1cc(C)nc(Cl)c1)Nc1ccc(F)c(C(F)(F)F)c1.CS/C(=C/C(=O)c1ccnc(Cl)c1)Nc1cc(F)cc(F)c1.CS/C(=C/C(=O)c1ccnc(Cl)c1)Nc1ccc(F)c(F)c1.CS/C(=C/C(=O)c1ccnc(Cl)c1)Nc1ccc2c(c1)OC(F)(F)O2. The van der Waals surface area contributed by atoms with Gasteiger partial charge in [-0.05, 0) is 179 Å². The van der Waals surface area contributed by atoms with E-state index in [1.807, 2.05) is 13.8 Å². The van der Waals surface area contributed by atoms with E-state index in [0.29, 0.717) is 81.8 Å². The second kappa shape index (κ2) is 44.9. The van der Waals surface area contributed by atoms with Gasteiger partial charge in [-0.2, -0.15) is 13.2 Å². The number of carbonyl (C=O) groups is 5. The quantitative estimate of drug-likeness (QED) is 0.0155. The summed E-state index contributed by atoms with van der Waals surface area (Å²) in [5.74, 6) is -8.05. The number of carbonyl (C=O) groups excluding carboxylic acids is 5. The molecule has 0 saturated heterocycles. The molecule has 0 aliphatic carbocycles. The van der Waals surface area contributed by atoms with Crippen LogP contribution in [0, 0.1) is 61.5 Å². The zero-order valence-electron chi connectivity index (χ0n) is 62.2. The van der Waals surface area contributed by atoms with Crippen LogP contribution in [0.5, 0.6) is 11.5 Å². The van der Waals surface area contributed by atoms with Gasteiger partial charge in [0, 0.05) is 147 Å². The number of pyridine rings is 5. The van der Waals surface area contributed by atoms with Crippen LogP contribution in [0.1, 0.15) is 74.4 Å². The first-order valence-corrected chi connectivity index (χ1v) is 40.9. The summed E-state index contributed by atoms with van der Waals surface area (Å²) in [4.78, 5) is 80.8. The highest BCUT2D eigenvalue weighted by molar-refractivity contribution is 8.03. The third kappa shape index (κ3) is 30.8. The van der Waals surface area contributed by atoms with E-state index in [1.165, 1.54) is 151 Å². The van der Waals surface area contributed by atoms with Gasteiger partial charge in [0.1, 0.15) is 38.1 Å². The van der Waals surface area contributed by atoms with E-state index >= 15 is 0 Å². The minimum Gasteiger partial charge on any atom is -0.395 e. The molecule has 0 fully saturated rings. The summed E-state index contributed by atoms with van der Waals surface area (Å²) in [5.41, 5.74) is 4.11. The minimum absolute atomic E-state index is 0.0102. The maximum absolute atomic E-state index is 13.4. The molecule has 6 heterocycles. The second-order valence-corrected chi connectivity index (χ2v) is 29.3. The van der Waals surface area contributed by atoms with E-state index in [9.17, 15) is 76.7 Å². The third-order valence-corrected chi connectivity index (χ3v) is 18.8. The fraction of sp³-hybridized carbons (Fsp3) is 0.125. The lowest BCUT2D eigenvalue weighted by Gasteiger charge is -2.13. The van der Waals surface area contributed by atoms with Crippen molar-refractivity contribution in [2.45, 2.75) is 33.2 Å². The van der Waals surface area contributed by atoms with Crippen LogP contribution >= 0.6 is 105 Å². The van der Waals surface area contributed by atoms with E-state index in [0.717, 1.165) is 77.7 Å². The molecule has 0 spiro atoms. The number of aryl methyl sites for hydroxylation is 3. The van der Waals surface area contributed by atoms with Crippen molar-refractivity contribution in [2.75, 3.05) is 57.9 Å². The molecule has 38 heteroatoms. The lowest BCUT2D eigenvalue weighted by atomic mass is 10.1. The number of hydrogen-bond acceptors (Lipinski definition) is 22. The van der Waals surface area contributed by atoms with Gasteiger partial charge in [-0.25, -0.2) is 50.7 Å². The Bertz CT molecular complexity index is 5460. The van der Waals surface area contributed by atoms with Crippen LogP contribution in [0.15, 0.2) is 226 Å². The number of rotatable bonds is 25. The summed E-state index contributed by atoms with van der Waals surface area (Å²) in [6.45, 7) is 5.32. The largest absolute Gasteiger partial charge is 0.586 e. The number of benzene rings is 5. The van der Waals surface area contributed by atoms with Gasteiger partial charge >= 0.3 is 12.5 Å². The van der Waals surface area contributed by atoms with Gasteiger partial charge in [0.15, 0.2) is 63.7 Å². The number of thioether (sulfide) groups is 5. The van der Waals surface area contributed by atoms with E-state index in [1.54, 1.807) is 74.6 Å². The highest BCUT2D eigenvalue weighted by atomic mass is 35.5. The molecular weight excluding hydrogens is 1740 g/mol. The molecule has 1 aliphatic rings. The Labute approximate surface area is 708 Å². The summed E-state index contributed by atoms with van der Waals surface area (Å²) < 4.78 is 165. The summed E-state index contributed by atoms with van der Waals surface area (Å²) in [7, 11) is 0. The Morgan fingerprint density at radius 2 is 0.669 bits per heavy atom. The third-order valence-electron chi connectivity index (χ3n) is 14.7. The molecule has 118 heavy (non-hydrogen) atoms. The van der Waals surface area contributed by atoms with Crippen LogP contribution in [-0.4, -0.2) is 91.4 Å². The van der Waals surface area contributed by atoms with Crippen LogP contribution in [-0.2, 0) is 6.18 Å². The number of aromatic nitrogens is 5. The summed E-state index contributed by atoms with van der Waals surface area (Å²) in [5, 5.41) is 17.3. The van der Waals surface area contributed by atoms with Crippen LogP contribution in [0.4, 0.5) is 81.1 Å². The number of halogens is 16. The number of nitrogens with zero attached hydrogens (tertiary/aromatic N) is 5. The number of anilines is 5. The smallest absolute Gasteiger partial charge is 0.395 e. The molecule has 5 aromatic heterocycles. The topological polar surface area (TPSA) is 228 Å². The Morgan fingerprint density at radius 3 is 1.03 bits per heavy atom. The molecule has 17 nitrogen and oxygen atoms in total. The molecule has 10 aromatic rings. The Morgan fingerprint density at radius 1 is 0.356 bits per heavy atom. The standard InChI is InChI=1S/C17H13ClF4N2OS.C17H16F2N2OS.C16H11ClF2N2O3S.2C15H11ClF2N2OS/c1-9-5-10(6-15(18)23-9)14(25)8-16(26-2)24-11-3-4-13(19)12(7-11)17(20,21)22;1-10-6-12(7-11(2)20-10)16(22)9-17(23-3)21-13-4-5-14(18)15(19)8-13;1-25-15(8-11(22)9-4-5-20-14(17)6-9)21-10-2-3-12-13(7-10)24-16(18,19)23-12;1-22-15(20-12-6-10(17)5-11(18)7-12)8-13(21)9-2-3-19-14(16)4-9;1-22-15(20-10-2-3-11(17)12(18)7-10)8-13(21)9-4-5-19-14(16)6-9/h3-8,24H,1-2H3;4-9,21H,1-3H3;2-8,21H,1H3;2*2-8,20H,1H3/b16-8+;17-9+;3*15-8+. The molecule has 0 bridgehead atoms. The number of allylic oxidation sites excluding steroid dienone is 5. The lowest BCUT2D eigenvalue weighted by Crippen LogP contribution is -2.25. The minimum atomic E-state index is -4.81. The van der Waals surface area contributed by atoms with Crippen molar-refractivity contribution in [1.82, 2.24) is 24.9 Å². The van der Waals surface area contributed by atoms with Crippen molar-refractivity contribution in [2.24, 2.45) is 0 Å². The molecule has 0 saturated carbocycles. The van der Waals surface area contributed by atoms with Crippen LogP contribution in [0.25, 0.3) is 0 Å². The van der Waals surface area contributed by atoms with Crippen molar-refractivity contribution < 1.29 is 86.1 Å². The Balaban J connectivity index is 0.000000204. The Kier molecular flexibility index (Phi) is 36.1. The fourth-order valence-electron chi connectivity index (χ4n) is 9.49. The number of ether oxygens (including phenoxy) is 2. The first kappa shape index (κ1) is 94.7.